The monoisotopic (exact) mass is 391 g/mol. The second-order valence-corrected chi connectivity index (χ2v) is 6.79. The molecule has 0 bridgehead atoms. The average Bonchev–Trinajstić information content (AvgIpc) is 2.85. The standard InChI is InChI=1S/C15H17ClF3N5O2/c1-14(2,3)24-12(15(17,18)19)22-23(13(24)26)8-7-21-11(25)9-5-4-6-20-10(9)16/h4-6H,7-8H2,1-3H3,(H,21,25). The van der Waals surface area contributed by atoms with Crippen LogP contribution in [0.2, 0.25) is 5.15 Å². The SMILES string of the molecule is CC(C)(C)n1c(C(F)(F)F)nn(CCNC(=O)c2cccnc2Cl)c1=O. The van der Waals surface area contributed by atoms with Gasteiger partial charge in [0.05, 0.1) is 12.1 Å². The summed E-state index contributed by atoms with van der Waals surface area (Å²) in [5, 5.41) is 5.85. The molecular weight excluding hydrogens is 375 g/mol. The molecule has 0 fully saturated rings. The lowest BCUT2D eigenvalue weighted by Gasteiger charge is -2.21. The van der Waals surface area contributed by atoms with E-state index >= 15 is 0 Å². The number of rotatable bonds is 4. The van der Waals surface area contributed by atoms with Crippen molar-refractivity contribution in [2.24, 2.45) is 0 Å². The Balaban J connectivity index is 2.18. The van der Waals surface area contributed by atoms with Gasteiger partial charge in [0.25, 0.3) is 5.91 Å². The molecule has 0 atom stereocenters. The van der Waals surface area contributed by atoms with E-state index in [2.05, 4.69) is 15.4 Å². The Hall–Kier alpha value is -2.36. The summed E-state index contributed by atoms with van der Waals surface area (Å²) in [5.41, 5.74) is -1.89. The zero-order valence-electron chi connectivity index (χ0n) is 14.3. The summed E-state index contributed by atoms with van der Waals surface area (Å²) in [6, 6.07) is 2.97. The fourth-order valence-corrected chi connectivity index (χ4v) is 2.47. The average molecular weight is 392 g/mol. The molecule has 11 heteroatoms. The first-order valence-electron chi connectivity index (χ1n) is 7.59. The van der Waals surface area contributed by atoms with Crippen molar-refractivity contribution in [2.75, 3.05) is 6.54 Å². The van der Waals surface area contributed by atoms with Crippen molar-refractivity contribution in [3.8, 4) is 0 Å². The highest BCUT2D eigenvalue weighted by atomic mass is 35.5. The number of alkyl halides is 3. The van der Waals surface area contributed by atoms with Crippen LogP contribution in [0.1, 0.15) is 37.0 Å². The summed E-state index contributed by atoms with van der Waals surface area (Å²) in [4.78, 5) is 28.1. The predicted octanol–water partition coefficient (Wildman–Crippen LogP) is 2.30. The molecule has 0 aromatic carbocycles. The van der Waals surface area contributed by atoms with Gasteiger partial charge in [0.2, 0.25) is 5.82 Å². The fourth-order valence-electron chi connectivity index (χ4n) is 2.27. The molecule has 26 heavy (non-hydrogen) atoms. The fraction of sp³-hybridized carbons (Fsp3) is 0.467. The van der Waals surface area contributed by atoms with E-state index in [0.717, 1.165) is 0 Å². The largest absolute Gasteiger partial charge is 0.451 e. The minimum Gasteiger partial charge on any atom is -0.350 e. The van der Waals surface area contributed by atoms with Gasteiger partial charge in [-0.2, -0.15) is 13.2 Å². The molecule has 0 saturated carbocycles. The van der Waals surface area contributed by atoms with Crippen molar-refractivity contribution in [3.63, 3.8) is 0 Å². The van der Waals surface area contributed by atoms with E-state index in [1.807, 2.05) is 0 Å². The van der Waals surface area contributed by atoms with Crippen LogP contribution in [-0.2, 0) is 18.3 Å². The van der Waals surface area contributed by atoms with Gasteiger partial charge >= 0.3 is 11.9 Å². The smallest absolute Gasteiger partial charge is 0.350 e. The maximum absolute atomic E-state index is 13.2. The molecule has 2 heterocycles. The molecule has 0 saturated heterocycles. The van der Waals surface area contributed by atoms with Crippen LogP contribution in [-0.4, -0.2) is 31.8 Å². The van der Waals surface area contributed by atoms with Crippen LogP contribution in [0.3, 0.4) is 0 Å². The number of pyridine rings is 1. The molecule has 2 rings (SSSR count). The lowest BCUT2D eigenvalue weighted by atomic mass is 10.1. The van der Waals surface area contributed by atoms with Crippen molar-refractivity contribution in [1.29, 1.82) is 0 Å². The number of hydrogen-bond donors (Lipinski definition) is 1. The van der Waals surface area contributed by atoms with Gasteiger partial charge in [-0.25, -0.2) is 14.5 Å². The van der Waals surface area contributed by atoms with E-state index in [9.17, 15) is 22.8 Å². The van der Waals surface area contributed by atoms with Gasteiger partial charge in [0.15, 0.2) is 0 Å². The van der Waals surface area contributed by atoms with Crippen LogP contribution in [0.25, 0.3) is 0 Å². The third-order valence-corrected chi connectivity index (χ3v) is 3.68. The molecule has 0 unspecified atom stereocenters. The number of nitrogens with zero attached hydrogens (tertiary/aromatic N) is 4. The summed E-state index contributed by atoms with van der Waals surface area (Å²) >= 11 is 5.80. The minimum absolute atomic E-state index is 0.00136. The second kappa shape index (κ2) is 7.10. The first-order valence-corrected chi connectivity index (χ1v) is 7.97. The normalized spacial score (nSPS) is 12.3. The van der Waals surface area contributed by atoms with Crippen LogP contribution in [0.4, 0.5) is 13.2 Å². The van der Waals surface area contributed by atoms with E-state index in [0.29, 0.717) is 9.25 Å². The van der Waals surface area contributed by atoms with Crippen LogP contribution >= 0.6 is 11.6 Å². The Morgan fingerprint density at radius 3 is 2.46 bits per heavy atom. The molecule has 2 aromatic rings. The van der Waals surface area contributed by atoms with Crippen LogP contribution in [0.5, 0.6) is 0 Å². The molecule has 7 nitrogen and oxygen atoms in total. The highest BCUT2D eigenvalue weighted by molar-refractivity contribution is 6.32. The molecule has 0 aliphatic carbocycles. The van der Waals surface area contributed by atoms with Gasteiger partial charge in [-0.05, 0) is 32.9 Å². The molecule has 1 N–H and O–H groups in total. The third kappa shape index (κ3) is 4.24. The quantitative estimate of drug-likeness (QED) is 0.811. The van der Waals surface area contributed by atoms with Crippen molar-refractivity contribution in [2.45, 2.75) is 39.0 Å². The van der Waals surface area contributed by atoms with Crippen LogP contribution in [0, 0.1) is 0 Å². The molecule has 0 aliphatic heterocycles. The van der Waals surface area contributed by atoms with E-state index in [1.165, 1.54) is 39.1 Å². The summed E-state index contributed by atoms with van der Waals surface area (Å²) in [7, 11) is 0. The molecular formula is C15H17ClF3N5O2. The maximum Gasteiger partial charge on any atom is 0.451 e. The van der Waals surface area contributed by atoms with Crippen LogP contribution in [0.15, 0.2) is 23.1 Å². The summed E-state index contributed by atoms with van der Waals surface area (Å²) in [6.07, 6.45) is -3.36. The number of halogens is 4. The molecule has 0 spiro atoms. The molecule has 142 valence electrons. The predicted molar refractivity (Wildman–Crippen MR) is 88.1 cm³/mol. The van der Waals surface area contributed by atoms with Gasteiger partial charge in [0, 0.05) is 18.3 Å². The number of aromatic nitrogens is 4. The van der Waals surface area contributed by atoms with Gasteiger partial charge in [-0.3, -0.25) is 9.36 Å². The number of carbonyl (C=O) groups is 1. The number of amides is 1. The summed E-state index contributed by atoms with van der Waals surface area (Å²) in [6.45, 7) is 4.09. The van der Waals surface area contributed by atoms with Gasteiger partial charge in [0.1, 0.15) is 5.15 Å². The van der Waals surface area contributed by atoms with E-state index < -0.39 is 29.1 Å². The first kappa shape index (κ1) is 20.0. The number of nitrogens with one attached hydrogen (secondary N) is 1. The van der Waals surface area contributed by atoms with E-state index in [4.69, 9.17) is 11.6 Å². The number of carbonyl (C=O) groups excluding carboxylic acids is 1. The lowest BCUT2D eigenvalue weighted by molar-refractivity contribution is -0.149. The Bertz CT molecular complexity index is 867. The lowest BCUT2D eigenvalue weighted by Crippen LogP contribution is -2.38. The summed E-state index contributed by atoms with van der Waals surface area (Å²) < 4.78 is 40.8. The van der Waals surface area contributed by atoms with Gasteiger partial charge in [-0.1, -0.05) is 11.6 Å². The minimum atomic E-state index is -4.77. The molecule has 0 radical (unpaired) electrons. The Morgan fingerprint density at radius 1 is 1.31 bits per heavy atom. The highest BCUT2D eigenvalue weighted by Gasteiger charge is 2.41. The highest BCUT2D eigenvalue weighted by Crippen LogP contribution is 2.29. The van der Waals surface area contributed by atoms with Crippen LogP contribution < -0.4 is 11.0 Å². The first-order chi connectivity index (χ1) is 11.9. The Kier molecular flexibility index (Phi) is 5.45. The third-order valence-electron chi connectivity index (χ3n) is 3.38. The molecule has 0 aliphatic rings. The van der Waals surface area contributed by atoms with Crippen molar-refractivity contribution in [3.05, 3.63) is 45.4 Å². The van der Waals surface area contributed by atoms with E-state index in [-0.39, 0.29) is 23.8 Å². The maximum atomic E-state index is 13.2. The molecule has 1 amide bonds. The zero-order valence-corrected chi connectivity index (χ0v) is 15.0. The van der Waals surface area contributed by atoms with Crippen molar-refractivity contribution < 1.29 is 18.0 Å². The van der Waals surface area contributed by atoms with Gasteiger partial charge in [-0.15, -0.1) is 5.10 Å². The topological polar surface area (TPSA) is 81.8 Å². The Labute approximate surface area is 151 Å². The second-order valence-electron chi connectivity index (χ2n) is 6.43. The zero-order chi connectivity index (χ0) is 19.7. The summed E-state index contributed by atoms with van der Waals surface area (Å²) in [5.74, 6) is -1.83. The number of hydrogen-bond acceptors (Lipinski definition) is 4. The van der Waals surface area contributed by atoms with Crippen molar-refractivity contribution >= 4 is 17.5 Å². The molecule has 2 aromatic heterocycles. The van der Waals surface area contributed by atoms with E-state index in [1.54, 1.807) is 0 Å². The van der Waals surface area contributed by atoms with Gasteiger partial charge < -0.3 is 5.32 Å². The Morgan fingerprint density at radius 2 is 1.96 bits per heavy atom. The van der Waals surface area contributed by atoms with Crippen molar-refractivity contribution in [1.82, 2.24) is 24.6 Å².